The van der Waals surface area contributed by atoms with Gasteiger partial charge in [-0.1, -0.05) is 12.1 Å². The van der Waals surface area contributed by atoms with Crippen LogP contribution in [0.2, 0.25) is 0 Å². The standard InChI is InChI=1S/C22H26N2O4S/c1-7-28-20(26)14(3)24-19(25)18(29-21(24)27)11-15-8-9-17-16(10-15)13(2)12-22(4,5)23(17)6/h8-12,14H,7H2,1-6H3/b18-11+. The third kappa shape index (κ3) is 3.83. The number of rotatable bonds is 4. The zero-order valence-electron chi connectivity index (χ0n) is 17.6. The number of imide groups is 1. The van der Waals surface area contributed by atoms with Gasteiger partial charge in [0.1, 0.15) is 6.04 Å². The van der Waals surface area contributed by atoms with E-state index in [-0.39, 0.29) is 12.1 Å². The van der Waals surface area contributed by atoms with Gasteiger partial charge in [0, 0.05) is 18.3 Å². The van der Waals surface area contributed by atoms with Gasteiger partial charge in [0.25, 0.3) is 11.1 Å². The van der Waals surface area contributed by atoms with Crippen molar-refractivity contribution in [2.45, 2.75) is 46.2 Å². The molecule has 1 aromatic rings. The molecule has 154 valence electrons. The first-order chi connectivity index (χ1) is 13.6. The maximum Gasteiger partial charge on any atom is 0.329 e. The van der Waals surface area contributed by atoms with E-state index < -0.39 is 23.2 Å². The van der Waals surface area contributed by atoms with Gasteiger partial charge >= 0.3 is 5.97 Å². The number of hydrogen-bond donors (Lipinski definition) is 0. The molecule has 0 N–H and O–H groups in total. The van der Waals surface area contributed by atoms with E-state index in [0.29, 0.717) is 4.91 Å². The van der Waals surface area contributed by atoms with Crippen LogP contribution in [0.15, 0.2) is 29.2 Å². The van der Waals surface area contributed by atoms with Crippen molar-refractivity contribution < 1.29 is 19.1 Å². The summed E-state index contributed by atoms with van der Waals surface area (Å²) in [5, 5.41) is -0.461. The molecule has 3 rings (SSSR count). The number of anilines is 1. The fraction of sp³-hybridized carbons (Fsp3) is 0.409. The van der Waals surface area contributed by atoms with Crippen molar-refractivity contribution in [1.82, 2.24) is 4.90 Å². The molecule has 6 nitrogen and oxygen atoms in total. The molecule has 0 saturated carbocycles. The highest BCUT2D eigenvalue weighted by atomic mass is 32.2. The molecule has 0 aliphatic carbocycles. The molecule has 2 aliphatic heterocycles. The monoisotopic (exact) mass is 414 g/mol. The lowest BCUT2D eigenvalue weighted by molar-refractivity contribution is -0.150. The second-order valence-corrected chi connectivity index (χ2v) is 8.79. The normalized spacial score (nSPS) is 20.6. The fourth-order valence-electron chi connectivity index (χ4n) is 3.60. The van der Waals surface area contributed by atoms with Gasteiger partial charge in [-0.3, -0.25) is 14.5 Å². The summed E-state index contributed by atoms with van der Waals surface area (Å²) >= 11 is 0.845. The molecule has 1 aromatic carbocycles. The Bertz CT molecular complexity index is 948. The highest BCUT2D eigenvalue weighted by Gasteiger charge is 2.41. The molecule has 1 atom stereocenters. The molecule has 29 heavy (non-hydrogen) atoms. The molecule has 2 aliphatic rings. The minimum absolute atomic E-state index is 0.0789. The third-order valence-electron chi connectivity index (χ3n) is 5.38. The molecule has 0 bridgehead atoms. The minimum atomic E-state index is -0.946. The highest BCUT2D eigenvalue weighted by molar-refractivity contribution is 8.18. The summed E-state index contributed by atoms with van der Waals surface area (Å²) in [6.07, 6.45) is 3.92. The van der Waals surface area contributed by atoms with E-state index in [1.54, 1.807) is 13.0 Å². The van der Waals surface area contributed by atoms with Crippen LogP contribution < -0.4 is 4.90 Å². The first kappa shape index (κ1) is 21.2. The maximum atomic E-state index is 12.7. The van der Waals surface area contributed by atoms with Crippen LogP contribution in [-0.2, 0) is 14.3 Å². The van der Waals surface area contributed by atoms with Crippen molar-refractivity contribution in [3.8, 4) is 0 Å². The Morgan fingerprint density at radius 3 is 2.66 bits per heavy atom. The van der Waals surface area contributed by atoms with Crippen molar-refractivity contribution in [3.05, 3.63) is 40.3 Å². The molecule has 1 unspecified atom stereocenters. The number of likely N-dealkylation sites (N-methyl/N-ethyl adjacent to an activating group) is 1. The van der Waals surface area contributed by atoms with Crippen LogP contribution in [0, 0.1) is 0 Å². The highest BCUT2D eigenvalue weighted by Crippen LogP contribution is 2.39. The predicted molar refractivity (Wildman–Crippen MR) is 116 cm³/mol. The number of fused-ring (bicyclic) bond motifs is 1. The average Bonchev–Trinajstić information content (AvgIpc) is 2.92. The predicted octanol–water partition coefficient (Wildman–Crippen LogP) is 4.31. The van der Waals surface area contributed by atoms with Crippen LogP contribution >= 0.6 is 11.8 Å². The number of hydrogen-bond acceptors (Lipinski definition) is 6. The van der Waals surface area contributed by atoms with Crippen molar-refractivity contribution in [2.24, 2.45) is 0 Å². The summed E-state index contributed by atoms with van der Waals surface area (Å²) in [5.41, 5.74) is 4.14. The van der Waals surface area contributed by atoms with Crippen LogP contribution in [-0.4, -0.2) is 47.3 Å². The van der Waals surface area contributed by atoms with Crippen molar-refractivity contribution in [1.29, 1.82) is 0 Å². The van der Waals surface area contributed by atoms with E-state index in [4.69, 9.17) is 4.74 Å². The van der Waals surface area contributed by atoms with Crippen LogP contribution in [0.25, 0.3) is 11.6 Å². The van der Waals surface area contributed by atoms with Gasteiger partial charge in [-0.15, -0.1) is 0 Å². The van der Waals surface area contributed by atoms with E-state index in [1.807, 2.05) is 18.2 Å². The van der Waals surface area contributed by atoms with Crippen LogP contribution in [0.3, 0.4) is 0 Å². The summed E-state index contributed by atoms with van der Waals surface area (Å²) in [5.74, 6) is -1.06. The molecular weight excluding hydrogens is 388 g/mol. The largest absolute Gasteiger partial charge is 0.464 e. The Morgan fingerprint density at radius 1 is 1.31 bits per heavy atom. The van der Waals surface area contributed by atoms with E-state index in [9.17, 15) is 14.4 Å². The van der Waals surface area contributed by atoms with Gasteiger partial charge < -0.3 is 9.64 Å². The number of nitrogens with zero attached hydrogens (tertiary/aromatic N) is 2. The lowest BCUT2D eigenvalue weighted by Crippen LogP contribution is -2.42. The van der Waals surface area contributed by atoms with Crippen LogP contribution in [0.1, 0.15) is 45.7 Å². The maximum absolute atomic E-state index is 12.7. The molecule has 1 saturated heterocycles. The summed E-state index contributed by atoms with van der Waals surface area (Å²) < 4.78 is 4.94. The van der Waals surface area contributed by atoms with E-state index in [0.717, 1.165) is 33.5 Å². The van der Waals surface area contributed by atoms with Gasteiger partial charge in [0.2, 0.25) is 0 Å². The Hall–Kier alpha value is -2.54. The summed E-state index contributed by atoms with van der Waals surface area (Å²) in [6, 6.07) is 5.05. The van der Waals surface area contributed by atoms with Crippen molar-refractivity contribution in [2.75, 3.05) is 18.6 Å². The number of ether oxygens (including phenoxy) is 1. The zero-order valence-corrected chi connectivity index (χ0v) is 18.4. The molecule has 1 fully saturated rings. The molecule has 7 heteroatoms. The number of esters is 1. The lowest BCUT2D eigenvalue weighted by atomic mass is 9.88. The lowest BCUT2D eigenvalue weighted by Gasteiger charge is -2.40. The first-order valence-electron chi connectivity index (χ1n) is 9.58. The fourth-order valence-corrected chi connectivity index (χ4v) is 4.51. The zero-order chi connectivity index (χ0) is 21.5. The molecular formula is C22H26N2O4S. The van der Waals surface area contributed by atoms with Crippen molar-refractivity contribution in [3.63, 3.8) is 0 Å². The summed E-state index contributed by atoms with van der Waals surface area (Å²) in [4.78, 5) is 40.5. The van der Waals surface area contributed by atoms with Gasteiger partial charge in [-0.25, -0.2) is 4.79 Å². The first-order valence-corrected chi connectivity index (χ1v) is 10.4. The summed E-state index contributed by atoms with van der Waals surface area (Å²) in [6.45, 7) is 9.78. The topological polar surface area (TPSA) is 66.9 Å². The van der Waals surface area contributed by atoms with E-state index >= 15 is 0 Å². The second kappa shape index (κ2) is 7.71. The van der Waals surface area contributed by atoms with Crippen molar-refractivity contribution >= 4 is 46.2 Å². The molecule has 0 spiro atoms. The van der Waals surface area contributed by atoms with E-state index in [1.165, 1.54) is 12.5 Å². The third-order valence-corrected chi connectivity index (χ3v) is 6.26. The van der Waals surface area contributed by atoms with Crippen LogP contribution in [0.4, 0.5) is 10.5 Å². The number of allylic oxidation sites excluding steroid dienone is 1. The number of amides is 2. The Labute approximate surface area is 175 Å². The smallest absolute Gasteiger partial charge is 0.329 e. The van der Waals surface area contributed by atoms with E-state index in [2.05, 4.69) is 38.8 Å². The van der Waals surface area contributed by atoms with Crippen LogP contribution in [0.5, 0.6) is 0 Å². The van der Waals surface area contributed by atoms with Gasteiger partial charge in [0.15, 0.2) is 0 Å². The second-order valence-electron chi connectivity index (χ2n) is 7.80. The molecule has 2 amide bonds. The number of carbonyl (C=O) groups is 3. The quantitative estimate of drug-likeness (QED) is 0.540. The minimum Gasteiger partial charge on any atom is -0.464 e. The Morgan fingerprint density at radius 2 is 2.00 bits per heavy atom. The molecule has 0 radical (unpaired) electrons. The van der Waals surface area contributed by atoms with Gasteiger partial charge in [0.05, 0.1) is 17.1 Å². The van der Waals surface area contributed by atoms with Gasteiger partial charge in [-0.05, 0) is 75.7 Å². The summed E-state index contributed by atoms with van der Waals surface area (Å²) in [7, 11) is 2.06. The number of thioether (sulfide) groups is 1. The Balaban J connectivity index is 1.90. The Kier molecular flexibility index (Phi) is 5.63. The number of carbonyl (C=O) groups excluding carboxylic acids is 3. The van der Waals surface area contributed by atoms with Gasteiger partial charge in [-0.2, -0.15) is 0 Å². The molecule has 2 heterocycles. The average molecular weight is 415 g/mol. The molecule has 0 aromatic heterocycles. The SMILES string of the molecule is CCOC(=O)C(C)N1C(=O)S/C(=C/c2ccc3c(c2)C(C)=CC(C)(C)N3C)C1=O. The number of benzene rings is 1.